The average Bonchev–Trinajstić information content (AvgIpc) is 4.12. The van der Waals surface area contributed by atoms with E-state index in [2.05, 4.69) is 62.5 Å². The molecule has 28 heteroatoms. The van der Waals surface area contributed by atoms with E-state index in [-0.39, 0.29) is 44.4 Å². The van der Waals surface area contributed by atoms with Crippen LogP contribution in [0.4, 0.5) is 0 Å². The smallest absolute Gasteiger partial charge is 0.326 e. The minimum atomic E-state index is -1.75. The zero-order valence-electron chi connectivity index (χ0n) is 44.5. The molecule has 9 amide bonds. The number of rotatable bonds is 35. The lowest BCUT2D eigenvalue weighted by Crippen LogP contribution is -2.61. The molecule has 0 aliphatic heterocycles. The fourth-order valence-corrected chi connectivity index (χ4v) is 8.21. The van der Waals surface area contributed by atoms with Gasteiger partial charge in [0.15, 0.2) is 0 Å². The predicted molar refractivity (Wildman–Crippen MR) is 284 cm³/mol. The third-order valence-corrected chi connectivity index (χ3v) is 12.9. The topological polar surface area (TPSA) is 434 Å². The van der Waals surface area contributed by atoms with Gasteiger partial charge in [-0.15, -0.1) is 0 Å². The van der Waals surface area contributed by atoms with Gasteiger partial charge < -0.3 is 74.2 Å². The summed E-state index contributed by atoms with van der Waals surface area (Å²) in [5.74, 6) is -10.9. The van der Waals surface area contributed by atoms with E-state index in [1.54, 1.807) is 58.0 Å². The van der Waals surface area contributed by atoms with E-state index in [0.29, 0.717) is 29.1 Å². The van der Waals surface area contributed by atoms with Crippen molar-refractivity contribution in [2.24, 2.45) is 23.3 Å². The number of nitrogens with two attached hydrogens (primary N) is 2. The number of carboxylic acid groups (broad SMARTS) is 2. The molecule has 0 saturated carbocycles. The molecule has 0 saturated heterocycles. The molecule has 2 heterocycles. The Bertz CT molecular complexity index is 2480. The molecule has 78 heavy (non-hydrogen) atoms. The Morgan fingerprint density at radius 1 is 0.603 bits per heavy atom. The number of amides is 9. The minimum Gasteiger partial charge on any atom is -0.481 e. The maximum atomic E-state index is 14.3. The summed E-state index contributed by atoms with van der Waals surface area (Å²) in [4.78, 5) is 160. The van der Waals surface area contributed by atoms with Crippen LogP contribution >= 0.6 is 11.8 Å². The minimum absolute atomic E-state index is 0.0953. The van der Waals surface area contributed by atoms with Crippen LogP contribution in [0.1, 0.15) is 90.1 Å². The van der Waals surface area contributed by atoms with E-state index >= 15 is 0 Å². The molecule has 1 aromatic carbocycles. The number of primary amides is 1. The number of imidazole rings is 2. The van der Waals surface area contributed by atoms with Crippen molar-refractivity contribution in [2.75, 3.05) is 12.0 Å². The summed E-state index contributed by atoms with van der Waals surface area (Å²) >= 11 is 1.44. The van der Waals surface area contributed by atoms with Crippen LogP contribution in [0.3, 0.4) is 0 Å². The van der Waals surface area contributed by atoms with E-state index in [1.165, 1.54) is 43.7 Å². The number of nitrogens with zero attached hydrogens (tertiary/aromatic N) is 2. The van der Waals surface area contributed by atoms with E-state index < -0.39 is 138 Å². The van der Waals surface area contributed by atoms with E-state index in [0.717, 1.165) is 0 Å². The number of hydrogen-bond acceptors (Lipinski definition) is 15. The monoisotopic (exact) mass is 1110 g/mol. The Morgan fingerprint density at radius 3 is 1.62 bits per heavy atom. The van der Waals surface area contributed by atoms with Crippen molar-refractivity contribution in [1.29, 1.82) is 0 Å². The Morgan fingerprint density at radius 2 is 1.10 bits per heavy atom. The van der Waals surface area contributed by atoms with Crippen molar-refractivity contribution in [3.05, 3.63) is 72.3 Å². The summed E-state index contributed by atoms with van der Waals surface area (Å²) in [5.41, 5.74) is 12.9. The summed E-state index contributed by atoms with van der Waals surface area (Å²) in [6.45, 7) is 8.26. The van der Waals surface area contributed by atoms with E-state index in [1.807, 2.05) is 6.26 Å². The van der Waals surface area contributed by atoms with Crippen molar-refractivity contribution < 1.29 is 63.0 Å². The van der Waals surface area contributed by atoms with Crippen molar-refractivity contribution in [1.82, 2.24) is 62.5 Å². The summed E-state index contributed by atoms with van der Waals surface area (Å²) < 4.78 is 0. The Labute approximate surface area is 455 Å². The number of aromatic nitrogens is 4. The van der Waals surface area contributed by atoms with Gasteiger partial charge in [-0.3, -0.25) is 47.9 Å². The second-order valence-electron chi connectivity index (χ2n) is 19.2. The van der Waals surface area contributed by atoms with Crippen LogP contribution in [0.5, 0.6) is 0 Å². The molecule has 16 N–H and O–H groups in total. The normalized spacial score (nSPS) is 15.0. The van der Waals surface area contributed by atoms with Gasteiger partial charge >= 0.3 is 11.9 Å². The molecule has 0 aliphatic rings. The number of H-pyrrole nitrogens is 2. The molecule has 27 nitrogen and oxygen atoms in total. The SMILES string of the molecule is CC[C@H](C)[C@H](NC(=O)[C@H](C)NC(=O)[C@H](CC(N)=O)NC(=O)[C@H](Cc1cnc[nH]1)NC(=O)[C@H](Cc1ccccc1)NC(=O)[C@H](CCC(=O)O)NC(=O)[C@@H](N)CCSC)C(=O)N[C@@H](CC(C)C)C(=O)N[C@@H](Cc1cnc[nH]1)C(=O)O. The summed E-state index contributed by atoms with van der Waals surface area (Å²) in [7, 11) is 0. The highest BCUT2D eigenvalue weighted by atomic mass is 32.2. The number of benzene rings is 1. The fraction of sp³-hybridized carbons (Fsp3) is 0.540. The van der Waals surface area contributed by atoms with Crippen LogP contribution in [0, 0.1) is 11.8 Å². The molecule has 0 radical (unpaired) electrons. The second kappa shape index (κ2) is 32.6. The van der Waals surface area contributed by atoms with Gasteiger partial charge in [0.25, 0.3) is 0 Å². The molecule has 0 spiro atoms. The Kier molecular flexibility index (Phi) is 27.0. The van der Waals surface area contributed by atoms with Gasteiger partial charge in [-0.05, 0) is 55.6 Å². The third-order valence-electron chi connectivity index (χ3n) is 12.3. The summed E-state index contributed by atoms with van der Waals surface area (Å²) in [6.07, 6.45) is 5.68. The summed E-state index contributed by atoms with van der Waals surface area (Å²) in [5, 5.41) is 39.5. The number of thioether (sulfide) groups is 1. The van der Waals surface area contributed by atoms with E-state index in [4.69, 9.17) is 11.5 Å². The molecule has 10 atom stereocenters. The van der Waals surface area contributed by atoms with Crippen LogP contribution in [0.2, 0.25) is 0 Å². The van der Waals surface area contributed by atoms with Crippen molar-refractivity contribution >= 4 is 76.9 Å². The molecule has 0 unspecified atom stereocenters. The van der Waals surface area contributed by atoms with Crippen LogP contribution in [0.25, 0.3) is 0 Å². The van der Waals surface area contributed by atoms with Crippen LogP contribution in [0.15, 0.2) is 55.4 Å². The first kappa shape index (κ1) is 64.4. The molecule has 0 bridgehead atoms. The van der Waals surface area contributed by atoms with Crippen LogP contribution in [-0.4, -0.2) is 162 Å². The number of carbonyl (C=O) groups excluding carboxylic acids is 9. The molecule has 428 valence electrons. The maximum Gasteiger partial charge on any atom is 0.326 e. The highest BCUT2D eigenvalue weighted by Crippen LogP contribution is 2.14. The highest BCUT2D eigenvalue weighted by molar-refractivity contribution is 7.98. The van der Waals surface area contributed by atoms with Gasteiger partial charge in [0.2, 0.25) is 53.2 Å². The number of nitrogens with one attached hydrogen (secondary N) is 10. The Hall–Kier alpha value is -7.88. The number of hydrogen-bond donors (Lipinski definition) is 14. The van der Waals surface area contributed by atoms with Crippen LogP contribution < -0.4 is 54.0 Å². The zero-order valence-corrected chi connectivity index (χ0v) is 45.3. The van der Waals surface area contributed by atoms with Gasteiger partial charge in [0, 0.05) is 49.5 Å². The van der Waals surface area contributed by atoms with Gasteiger partial charge in [0.1, 0.15) is 48.3 Å². The summed E-state index contributed by atoms with van der Waals surface area (Å²) in [6, 6.07) is -4.14. The first-order chi connectivity index (χ1) is 36.9. The lowest BCUT2D eigenvalue weighted by molar-refractivity contribution is -0.142. The predicted octanol–water partition coefficient (Wildman–Crippen LogP) is -1.94. The molecular formula is C50H74N14O13S. The average molecular weight is 1110 g/mol. The molecule has 3 aromatic rings. The third kappa shape index (κ3) is 22.4. The maximum absolute atomic E-state index is 14.3. The quantitative estimate of drug-likeness (QED) is 0.0305. The van der Waals surface area contributed by atoms with Crippen molar-refractivity contribution in [3.8, 4) is 0 Å². The largest absolute Gasteiger partial charge is 0.481 e. The molecular weight excluding hydrogens is 1040 g/mol. The van der Waals surface area contributed by atoms with Crippen molar-refractivity contribution in [2.45, 2.75) is 147 Å². The first-order valence-electron chi connectivity index (χ1n) is 25.3. The number of aromatic amines is 2. The fourth-order valence-electron chi connectivity index (χ4n) is 7.72. The standard InChI is InChI=1S/C50H74N14O13S/c1-7-27(4)41(49(75)62-34(17-26(2)3)46(72)63-38(50(76)77)20-31-23-54-25-56-31)64-42(68)28(5)57-45(71)37(21-39(52)65)61-48(74)36(19-30-22-53-24-55-30)60-47(73)35(18-29-11-9-8-10-12-29)59-44(70)33(13-14-40(66)67)58-43(69)32(51)15-16-78-6/h8-12,22-28,32-38,41H,7,13-21,51H2,1-6H3,(H2,52,65)(H,53,55)(H,54,56)(H,57,71)(H,58,69)(H,59,70)(H,60,73)(H,61,74)(H,62,75)(H,63,72)(H,64,68)(H,66,67)(H,76,77)/t27-,28-,32-,33-,34-,35-,36-,37-,38-,41-/m0/s1. The molecule has 2 aromatic heterocycles. The van der Waals surface area contributed by atoms with Gasteiger partial charge in [-0.1, -0.05) is 64.4 Å². The zero-order chi connectivity index (χ0) is 58.1. The van der Waals surface area contributed by atoms with E-state index in [9.17, 15) is 63.0 Å². The number of carbonyl (C=O) groups is 11. The molecule has 0 fully saturated rings. The lowest BCUT2D eigenvalue weighted by Gasteiger charge is -2.29. The molecule has 0 aliphatic carbocycles. The lowest BCUT2D eigenvalue weighted by atomic mass is 9.96. The van der Waals surface area contributed by atoms with Crippen molar-refractivity contribution in [3.63, 3.8) is 0 Å². The Balaban J connectivity index is 1.85. The van der Waals surface area contributed by atoms with Gasteiger partial charge in [0.05, 0.1) is 25.1 Å². The van der Waals surface area contributed by atoms with Gasteiger partial charge in [-0.25, -0.2) is 14.8 Å². The number of carboxylic acids is 2. The highest BCUT2D eigenvalue weighted by Gasteiger charge is 2.36. The number of aliphatic carboxylic acids is 2. The van der Waals surface area contributed by atoms with Gasteiger partial charge in [-0.2, -0.15) is 11.8 Å². The second-order valence-corrected chi connectivity index (χ2v) is 20.2. The first-order valence-corrected chi connectivity index (χ1v) is 26.7. The van der Waals surface area contributed by atoms with Crippen LogP contribution in [-0.2, 0) is 72.0 Å². The molecule has 3 rings (SSSR count).